The first kappa shape index (κ1) is 17.0. The number of likely N-dealkylation sites (tertiary alicyclic amines) is 1. The average molecular weight is 352 g/mol. The minimum absolute atomic E-state index is 0.228. The van der Waals surface area contributed by atoms with Crippen LogP contribution in [0.5, 0.6) is 5.75 Å². The van der Waals surface area contributed by atoms with E-state index in [9.17, 15) is 4.79 Å². The van der Waals surface area contributed by atoms with E-state index >= 15 is 0 Å². The van der Waals surface area contributed by atoms with Crippen LogP contribution in [0, 0.1) is 5.41 Å². The van der Waals surface area contributed by atoms with Crippen LogP contribution in [0.2, 0.25) is 0 Å². The largest absolute Gasteiger partial charge is 0.497 e. The fourth-order valence-corrected chi connectivity index (χ4v) is 4.23. The maximum absolute atomic E-state index is 13.2. The highest BCUT2D eigenvalue weighted by Crippen LogP contribution is 2.41. The summed E-state index contributed by atoms with van der Waals surface area (Å²) < 4.78 is 5.23. The van der Waals surface area contributed by atoms with Crippen LogP contribution in [0.3, 0.4) is 0 Å². The lowest BCUT2D eigenvalue weighted by Crippen LogP contribution is -2.47. The summed E-state index contributed by atoms with van der Waals surface area (Å²) in [5.41, 5.74) is 1.80. The molecular formula is C20H24N4O2. The number of hydrogen-bond donors (Lipinski definition) is 0. The molecule has 6 heteroatoms. The van der Waals surface area contributed by atoms with E-state index in [-0.39, 0.29) is 11.3 Å². The van der Waals surface area contributed by atoms with E-state index in [1.54, 1.807) is 19.5 Å². The number of aromatic nitrogens is 2. The minimum atomic E-state index is -0.263. The second kappa shape index (κ2) is 7.03. The number of ether oxygens (including phenoxy) is 1. The Labute approximate surface area is 153 Å². The van der Waals surface area contributed by atoms with E-state index in [1.807, 2.05) is 17.0 Å². The molecule has 2 saturated heterocycles. The monoisotopic (exact) mass is 352 g/mol. The lowest BCUT2D eigenvalue weighted by Gasteiger charge is -2.39. The van der Waals surface area contributed by atoms with Crippen LogP contribution in [0.1, 0.15) is 24.8 Å². The maximum atomic E-state index is 13.2. The summed E-state index contributed by atoms with van der Waals surface area (Å²) >= 11 is 0. The van der Waals surface area contributed by atoms with Crippen LogP contribution in [0.4, 0.5) is 5.69 Å². The second-order valence-electron chi connectivity index (χ2n) is 7.25. The molecule has 26 heavy (non-hydrogen) atoms. The standard InChI is InChI=1S/C20H24N4O2/c1-26-18-5-3-16(4-6-18)13-23-9-2-7-20(14-23)8-10-24(19(20)25)17-11-21-15-22-12-17/h3-6,11-12,15H,2,7-10,13-14H2,1H3/t20-/m1/s1. The molecule has 2 aliphatic heterocycles. The van der Waals surface area contributed by atoms with Gasteiger partial charge in [0.1, 0.15) is 12.1 Å². The van der Waals surface area contributed by atoms with Crippen molar-refractivity contribution in [2.45, 2.75) is 25.8 Å². The predicted molar refractivity (Wildman–Crippen MR) is 98.9 cm³/mol. The first-order chi connectivity index (χ1) is 12.7. The molecule has 0 saturated carbocycles. The Kier molecular flexibility index (Phi) is 4.59. The third-order valence-corrected chi connectivity index (χ3v) is 5.59. The number of nitrogens with zero attached hydrogens (tertiary/aromatic N) is 4. The number of carbonyl (C=O) groups is 1. The molecule has 4 rings (SSSR count). The topological polar surface area (TPSA) is 58.6 Å². The van der Waals surface area contributed by atoms with Crippen molar-refractivity contribution in [3.05, 3.63) is 48.5 Å². The zero-order valence-corrected chi connectivity index (χ0v) is 15.1. The number of anilines is 1. The van der Waals surface area contributed by atoms with Crippen LogP contribution >= 0.6 is 0 Å². The Morgan fingerprint density at radius 2 is 1.88 bits per heavy atom. The lowest BCUT2D eigenvalue weighted by atomic mass is 9.78. The highest BCUT2D eigenvalue weighted by atomic mass is 16.5. The highest BCUT2D eigenvalue weighted by Gasteiger charge is 2.49. The smallest absolute Gasteiger partial charge is 0.234 e. The van der Waals surface area contributed by atoms with E-state index in [0.717, 1.165) is 56.9 Å². The van der Waals surface area contributed by atoms with E-state index < -0.39 is 0 Å². The summed E-state index contributed by atoms with van der Waals surface area (Å²) in [5, 5.41) is 0. The molecule has 0 bridgehead atoms. The Morgan fingerprint density at radius 3 is 2.62 bits per heavy atom. The fourth-order valence-electron chi connectivity index (χ4n) is 4.23. The van der Waals surface area contributed by atoms with Gasteiger partial charge >= 0.3 is 0 Å². The summed E-state index contributed by atoms with van der Waals surface area (Å²) in [6, 6.07) is 8.19. The minimum Gasteiger partial charge on any atom is -0.497 e. The molecule has 1 aromatic carbocycles. The molecule has 1 spiro atoms. The number of methoxy groups -OCH3 is 1. The van der Waals surface area contributed by atoms with Gasteiger partial charge < -0.3 is 9.64 Å². The van der Waals surface area contributed by atoms with Crippen molar-refractivity contribution >= 4 is 11.6 Å². The SMILES string of the molecule is COc1ccc(CN2CCC[C@@]3(CCN(c4cncnc4)C3=O)C2)cc1. The van der Waals surface area contributed by atoms with Crippen molar-refractivity contribution in [3.8, 4) is 5.75 Å². The van der Waals surface area contributed by atoms with Gasteiger partial charge in [-0.15, -0.1) is 0 Å². The van der Waals surface area contributed by atoms with E-state index in [1.165, 1.54) is 11.9 Å². The number of piperidine rings is 1. The van der Waals surface area contributed by atoms with E-state index in [2.05, 4.69) is 27.0 Å². The lowest BCUT2D eigenvalue weighted by molar-refractivity contribution is -0.128. The molecule has 2 aromatic rings. The van der Waals surface area contributed by atoms with Crippen LogP contribution in [-0.2, 0) is 11.3 Å². The van der Waals surface area contributed by atoms with Gasteiger partial charge in [0, 0.05) is 19.6 Å². The van der Waals surface area contributed by atoms with Crippen molar-refractivity contribution in [3.63, 3.8) is 0 Å². The van der Waals surface area contributed by atoms with Crippen LogP contribution in [-0.4, -0.2) is 47.5 Å². The number of rotatable bonds is 4. The molecule has 2 fully saturated rings. The molecular weight excluding hydrogens is 328 g/mol. The average Bonchev–Trinajstić information content (AvgIpc) is 2.99. The first-order valence-corrected chi connectivity index (χ1v) is 9.12. The Bertz CT molecular complexity index is 765. The molecule has 1 aromatic heterocycles. The fraction of sp³-hybridized carbons (Fsp3) is 0.450. The molecule has 0 aliphatic carbocycles. The highest BCUT2D eigenvalue weighted by molar-refractivity contribution is 5.99. The number of carbonyl (C=O) groups excluding carboxylic acids is 1. The second-order valence-corrected chi connectivity index (χ2v) is 7.25. The van der Waals surface area contributed by atoms with Crippen molar-refractivity contribution < 1.29 is 9.53 Å². The third-order valence-electron chi connectivity index (χ3n) is 5.59. The van der Waals surface area contributed by atoms with Crippen molar-refractivity contribution in [1.29, 1.82) is 0 Å². The molecule has 2 aliphatic rings. The molecule has 0 unspecified atom stereocenters. The molecule has 6 nitrogen and oxygen atoms in total. The number of benzene rings is 1. The van der Waals surface area contributed by atoms with Gasteiger partial charge in [0.05, 0.1) is 30.6 Å². The summed E-state index contributed by atoms with van der Waals surface area (Å²) in [6.45, 7) is 3.48. The summed E-state index contributed by atoms with van der Waals surface area (Å²) in [4.78, 5) is 25.6. The van der Waals surface area contributed by atoms with Gasteiger partial charge in [-0.25, -0.2) is 9.97 Å². The van der Waals surface area contributed by atoms with E-state index in [0.29, 0.717) is 0 Å². The molecule has 1 atom stereocenters. The van der Waals surface area contributed by atoms with Crippen molar-refractivity contribution in [1.82, 2.24) is 14.9 Å². The Morgan fingerprint density at radius 1 is 1.12 bits per heavy atom. The van der Waals surface area contributed by atoms with Gasteiger partial charge in [-0.05, 0) is 43.5 Å². The normalized spacial score (nSPS) is 23.6. The van der Waals surface area contributed by atoms with Gasteiger partial charge in [0.15, 0.2) is 0 Å². The number of hydrogen-bond acceptors (Lipinski definition) is 5. The van der Waals surface area contributed by atoms with Crippen molar-refractivity contribution in [2.24, 2.45) is 5.41 Å². The van der Waals surface area contributed by atoms with Crippen LogP contribution in [0.15, 0.2) is 43.0 Å². The van der Waals surface area contributed by atoms with Gasteiger partial charge in [-0.2, -0.15) is 0 Å². The molecule has 3 heterocycles. The predicted octanol–water partition coefficient (Wildman–Crippen LogP) is 2.50. The molecule has 0 N–H and O–H groups in total. The number of amides is 1. The first-order valence-electron chi connectivity index (χ1n) is 9.12. The van der Waals surface area contributed by atoms with E-state index in [4.69, 9.17) is 4.74 Å². The van der Waals surface area contributed by atoms with Gasteiger partial charge in [-0.1, -0.05) is 12.1 Å². The summed E-state index contributed by atoms with van der Waals surface area (Å²) in [7, 11) is 1.68. The van der Waals surface area contributed by atoms with Gasteiger partial charge in [-0.3, -0.25) is 9.69 Å². The summed E-state index contributed by atoms with van der Waals surface area (Å²) in [6.07, 6.45) is 7.87. The van der Waals surface area contributed by atoms with Gasteiger partial charge in [0.25, 0.3) is 0 Å². The molecule has 0 radical (unpaired) electrons. The van der Waals surface area contributed by atoms with Crippen molar-refractivity contribution in [2.75, 3.05) is 31.6 Å². The molecule has 136 valence electrons. The summed E-state index contributed by atoms with van der Waals surface area (Å²) in [5.74, 6) is 1.10. The Balaban J connectivity index is 1.46. The Hall–Kier alpha value is -2.47. The zero-order chi connectivity index (χ0) is 18.0. The third kappa shape index (κ3) is 3.17. The van der Waals surface area contributed by atoms with Crippen LogP contribution < -0.4 is 9.64 Å². The quantitative estimate of drug-likeness (QED) is 0.846. The van der Waals surface area contributed by atoms with Crippen LogP contribution in [0.25, 0.3) is 0 Å². The maximum Gasteiger partial charge on any atom is 0.234 e. The van der Waals surface area contributed by atoms with Gasteiger partial charge in [0.2, 0.25) is 5.91 Å². The molecule has 1 amide bonds. The zero-order valence-electron chi connectivity index (χ0n) is 15.1.